The van der Waals surface area contributed by atoms with Gasteiger partial charge in [-0.2, -0.15) is 5.26 Å². The predicted octanol–water partition coefficient (Wildman–Crippen LogP) is 10.5. The second-order valence-electron chi connectivity index (χ2n) is 11.6. The lowest BCUT2D eigenvalue weighted by atomic mass is 9.64. The van der Waals surface area contributed by atoms with E-state index in [9.17, 15) is 5.26 Å². The van der Waals surface area contributed by atoms with E-state index in [2.05, 4.69) is 157 Å². The van der Waals surface area contributed by atoms with Crippen LogP contribution in [0.1, 0.15) is 27.8 Å². The third-order valence-electron chi connectivity index (χ3n) is 9.51. The molecule has 1 spiro atoms. The molecule has 0 amide bonds. The zero-order valence-corrected chi connectivity index (χ0v) is 23.9. The van der Waals surface area contributed by atoms with Crippen LogP contribution in [-0.2, 0) is 5.41 Å². The van der Waals surface area contributed by atoms with Crippen LogP contribution < -0.4 is 4.90 Å². The molecule has 1 aliphatic heterocycles. The molecule has 0 aromatic heterocycles. The Balaban J connectivity index is 1.27. The summed E-state index contributed by atoms with van der Waals surface area (Å²) in [6, 6.07) is 59.0. The smallest absolute Gasteiger partial charge is 0.0998 e. The molecular formula is C42H26N2. The van der Waals surface area contributed by atoms with Gasteiger partial charge in [0.1, 0.15) is 0 Å². The van der Waals surface area contributed by atoms with E-state index in [-0.39, 0.29) is 0 Å². The zero-order chi connectivity index (χ0) is 29.3. The average molecular weight is 559 g/mol. The van der Waals surface area contributed by atoms with Crippen molar-refractivity contribution in [1.82, 2.24) is 0 Å². The molecular weight excluding hydrogens is 532 g/mol. The predicted molar refractivity (Wildman–Crippen MR) is 180 cm³/mol. The first-order valence-electron chi connectivity index (χ1n) is 15.0. The Bertz CT molecular complexity index is 2210. The van der Waals surface area contributed by atoms with Crippen LogP contribution >= 0.6 is 0 Å². The first kappa shape index (κ1) is 24.7. The van der Waals surface area contributed by atoms with Gasteiger partial charge in [0.25, 0.3) is 0 Å². The average Bonchev–Trinajstić information content (AvgIpc) is 3.39. The Hall–Kier alpha value is -5.91. The van der Waals surface area contributed by atoms with E-state index in [1.807, 2.05) is 12.1 Å². The van der Waals surface area contributed by atoms with Crippen LogP contribution in [0.15, 0.2) is 158 Å². The highest BCUT2D eigenvalue weighted by molar-refractivity contribution is 6.01. The summed E-state index contributed by atoms with van der Waals surface area (Å²) in [6.07, 6.45) is 0. The van der Waals surface area contributed by atoms with Gasteiger partial charge in [0.2, 0.25) is 0 Å². The Labute approximate surface area is 256 Å². The van der Waals surface area contributed by atoms with Gasteiger partial charge >= 0.3 is 0 Å². The minimum absolute atomic E-state index is 0.409. The minimum Gasteiger partial charge on any atom is -0.310 e. The van der Waals surface area contributed by atoms with E-state index >= 15 is 0 Å². The molecule has 0 radical (unpaired) electrons. The first-order chi connectivity index (χ1) is 21.8. The highest BCUT2D eigenvalue weighted by Gasteiger charge is 2.51. The Morgan fingerprint density at radius 1 is 0.455 bits per heavy atom. The molecule has 0 saturated carbocycles. The van der Waals surface area contributed by atoms with Crippen LogP contribution in [0.25, 0.3) is 33.0 Å². The fraction of sp³-hybridized carbons (Fsp3) is 0.0238. The van der Waals surface area contributed by atoms with Crippen LogP contribution in [0.2, 0.25) is 0 Å². The Morgan fingerprint density at radius 2 is 0.955 bits per heavy atom. The largest absolute Gasteiger partial charge is 0.310 e. The third kappa shape index (κ3) is 3.19. The summed E-state index contributed by atoms with van der Waals surface area (Å²) in [5, 5.41) is 11.9. The van der Waals surface area contributed by atoms with Crippen LogP contribution in [0.4, 0.5) is 17.1 Å². The number of rotatable bonds is 2. The van der Waals surface area contributed by atoms with Crippen molar-refractivity contribution < 1.29 is 0 Å². The Kier molecular flexibility index (Phi) is 5.21. The summed E-state index contributed by atoms with van der Waals surface area (Å²) in [4.78, 5) is 2.41. The normalized spacial score (nSPS) is 13.6. The summed E-state index contributed by atoms with van der Waals surface area (Å²) in [5.74, 6) is 0. The summed E-state index contributed by atoms with van der Waals surface area (Å²) < 4.78 is 0. The summed E-state index contributed by atoms with van der Waals surface area (Å²) >= 11 is 0. The van der Waals surface area contributed by atoms with Crippen molar-refractivity contribution in [2.45, 2.75) is 5.41 Å². The van der Waals surface area contributed by atoms with E-state index < -0.39 is 5.41 Å². The van der Waals surface area contributed by atoms with E-state index in [1.165, 1.54) is 44.8 Å². The fourth-order valence-corrected chi connectivity index (χ4v) is 7.80. The van der Waals surface area contributed by atoms with Gasteiger partial charge in [0.15, 0.2) is 0 Å². The van der Waals surface area contributed by atoms with Gasteiger partial charge in [0, 0.05) is 11.1 Å². The molecule has 2 aliphatic rings. The monoisotopic (exact) mass is 558 g/mol. The van der Waals surface area contributed by atoms with Crippen molar-refractivity contribution in [2.75, 3.05) is 4.90 Å². The number of anilines is 3. The van der Waals surface area contributed by atoms with E-state index in [0.717, 1.165) is 27.6 Å². The molecule has 0 unspecified atom stereocenters. The SMILES string of the molecule is N#Cc1cccc2cccc(-c3ccc(N4c5ccccc5C5(c6ccccc6-c6ccccc65)c5ccccc54)cc3)c12. The summed E-state index contributed by atoms with van der Waals surface area (Å²) in [7, 11) is 0. The van der Waals surface area contributed by atoms with Crippen molar-refractivity contribution in [3.05, 3.63) is 186 Å². The van der Waals surface area contributed by atoms with Crippen molar-refractivity contribution >= 4 is 27.8 Å². The molecule has 44 heavy (non-hydrogen) atoms. The molecule has 9 rings (SSSR count). The van der Waals surface area contributed by atoms with E-state index in [1.54, 1.807) is 0 Å². The fourth-order valence-electron chi connectivity index (χ4n) is 7.80. The van der Waals surface area contributed by atoms with Gasteiger partial charge in [-0.1, -0.05) is 127 Å². The number of hydrogen-bond donors (Lipinski definition) is 0. The van der Waals surface area contributed by atoms with Gasteiger partial charge in [-0.05, 0) is 80.2 Å². The Morgan fingerprint density at radius 3 is 1.55 bits per heavy atom. The molecule has 0 fully saturated rings. The minimum atomic E-state index is -0.409. The topological polar surface area (TPSA) is 27.0 Å². The molecule has 7 aromatic rings. The maximum Gasteiger partial charge on any atom is 0.0998 e. The van der Waals surface area contributed by atoms with Crippen molar-refractivity contribution in [3.63, 3.8) is 0 Å². The molecule has 204 valence electrons. The summed E-state index contributed by atoms with van der Waals surface area (Å²) in [6.45, 7) is 0. The highest BCUT2D eigenvalue weighted by atomic mass is 15.2. The van der Waals surface area contributed by atoms with Crippen LogP contribution in [0.3, 0.4) is 0 Å². The first-order valence-corrected chi connectivity index (χ1v) is 15.0. The lowest BCUT2D eigenvalue weighted by Crippen LogP contribution is -2.36. The second-order valence-corrected chi connectivity index (χ2v) is 11.6. The van der Waals surface area contributed by atoms with Gasteiger partial charge < -0.3 is 4.90 Å². The number of hydrogen-bond acceptors (Lipinski definition) is 2. The molecule has 7 aromatic carbocycles. The molecule has 2 heteroatoms. The highest BCUT2D eigenvalue weighted by Crippen LogP contribution is 2.63. The van der Waals surface area contributed by atoms with Crippen molar-refractivity contribution in [3.8, 4) is 28.3 Å². The van der Waals surface area contributed by atoms with Gasteiger partial charge in [-0.3, -0.25) is 0 Å². The van der Waals surface area contributed by atoms with Crippen molar-refractivity contribution in [2.24, 2.45) is 0 Å². The molecule has 1 heterocycles. The van der Waals surface area contributed by atoms with E-state index in [4.69, 9.17) is 0 Å². The maximum absolute atomic E-state index is 9.86. The number of nitrogens with zero attached hydrogens (tertiary/aromatic N) is 2. The van der Waals surface area contributed by atoms with Gasteiger partial charge in [0.05, 0.1) is 28.4 Å². The number of para-hydroxylation sites is 2. The number of fused-ring (bicyclic) bond motifs is 10. The van der Waals surface area contributed by atoms with Crippen molar-refractivity contribution in [1.29, 1.82) is 5.26 Å². The molecule has 0 atom stereocenters. The molecule has 0 N–H and O–H groups in total. The van der Waals surface area contributed by atoms with Gasteiger partial charge in [-0.15, -0.1) is 0 Å². The third-order valence-corrected chi connectivity index (χ3v) is 9.51. The van der Waals surface area contributed by atoms with E-state index in [0.29, 0.717) is 5.56 Å². The lowest BCUT2D eigenvalue weighted by Gasteiger charge is -2.45. The van der Waals surface area contributed by atoms with Crippen LogP contribution in [-0.4, -0.2) is 0 Å². The summed E-state index contributed by atoms with van der Waals surface area (Å²) in [5.41, 5.74) is 13.8. The molecule has 0 saturated heterocycles. The quantitative estimate of drug-likeness (QED) is 0.211. The van der Waals surface area contributed by atoms with Gasteiger partial charge in [-0.25, -0.2) is 0 Å². The number of nitriles is 1. The zero-order valence-electron chi connectivity index (χ0n) is 23.9. The van der Waals surface area contributed by atoms with Crippen LogP contribution in [0.5, 0.6) is 0 Å². The molecule has 0 bridgehead atoms. The molecule has 1 aliphatic carbocycles. The van der Waals surface area contributed by atoms with Crippen LogP contribution in [0, 0.1) is 11.3 Å². The lowest BCUT2D eigenvalue weighted by molar-refractivity contribution is 0.752. The second kappa shape index (κ2) is 9.30. The standard InChI is InChI=1S/C42H26N2/c43-27-30-13-9-11-29-12-10-16-32(41(29)30)28-23-25-31(26-24-28)44-39-21-7-5-19-37(39)42(38-20-6-8-22-40(38)44)35-17-3-1-14-33(35)34-15-2-4-18-36(34)42/h1-26H. The number of benzene rings is 7. The maximum atomic E-state index is 9.86. The molecule has 2 nitrogen and oxygen atoms in total.